The molecule has 0 aliphatic carbocycles. The van der Waals surface area contributed by atoms with Crippen LogP contribution in [0.5, 0.6) is 0 Å². The molecule has 0 saturated heterocycles. The summed E-state index contributed by atoms with van der Waals surface area (Å²) < 4.78 is 26.6. The SMILES string of the molecule is CC(=O)Nc1cccc(NC(=O)c2cnc(Nc3ccc(F)cc3F)cn2)c1. The van der Waals surface area contributed by atoms with E-state index in [2.05, 4.69) is 25.9 Å². The highest BCUT2D eigenvalue weighted by Crippen LogP contribution is 2.19. The lowest BCUT2D eigenvalue weighted by Crippen LogP contribution is -2.14. The molecule has 0 atom stereocenters. The average molecular weight is 383 g/mol. The van der Waals surface area contributed by atoms with Crippen LogP contribution in [0.3, 0.4) is 0 Å². The van der Waals surface area contributed by atoms with Crippen LogP contribution in [-0.4, -0.2) is 21.8 Å². The Balaban J connectivity index is 1.67. The molecule has 7 nitrogen and oxygen atoms in total. The van der Waals surface area contributed by atoms with Gasteiger partial charge in [-0.15, -0.1) is 0 Å². The predicted molar refractivity (Wildman–Crippen MR) is 100 cm³/mol. The molecular formula is C19H15F2N5O2. The van der Waals surface area contributed by atoms with Gasteiger partial charge in [0.1, 0.15) is 23.1 Å². The number of nitrogens with one attached hydrogen (secondary N) is 3. The van der Waals surface area contributed by atoms with Crippen LogP contribution >= 0.6 is 0 Å². The van der Waals surface area contributed by atoms with Gasteiger partial charge >= 0.3 is 0 Å². The quantitative estimate of drug-likeness (QED) is 0.624. The largest absolute Gasteiger partial charge is 0.337 e. The summed E-state index contributed by atoms with van der Waals surface area (Å²) in [6, 6.07) is 9.70. The fourth-order valence-electron chi connectivity index (χ4n) is 2.31. The standard InChI is InChI=1S/C19H15F2N5O2/c1-11(27)24-13-3-2-4-14(8-13)25-19(28)17-9-23-18(10-22-17)26-16-6-5-12(20)7-15(16)21/h2-10H,1H3,(H,23,26)(H,24,27)(H,25,28). The highest BCUT2D eigenvalue weighted by atomic mass is 19.1. The number of hydrogen-bond donors (Lipinski definition) is 3. The molecular weight excluding hydrogens is 368 g/mol. The molecule has 0 aliphatic rings. The lowest BCUT2D eigenvalue weighted by Gasteiger charge is -2.09. The van der Waals surface area contributed by atoms with Crippen molar-refractivity contribution in [1.82, 2.24) is 9.97 Å². The van der Waals surface area contributed by atoms with E-state index in [1.54, 1.807) is 24.3 Å². The first-order valence-electron chi connectivity index (χ1n) is 8.14. The molecule has 142 valence electrons. The smallest absolute Gasteiger partial charge is 0.275 e. The van der Waals surface area contributed by atoms with Crippen LogP contribution in [0.15, 0.2) is 54.9 Å². The van der Waals surface area contributed by atoms with E-state index in [1.165, 1.54) is 25.4 Å². The highest BCUT2D eigenvalue weighted by molar-refractivity contribution is 6.03. The second-order valence-electron chi connectivity index (χ2n) is 5.75. The van der Waals surface area contributed by atoms with Crippen molar-refractivity contribution in [1.29, 1.82) is 0 Å². The number of halogens is 2. The van der Waals surface area contributed by atoms with Gasteiger partial charge in [-0.3, -0.25) is 9.59 Å². The van der Waals surface area contributed by atoms with Crippen molar-refractivity contribution in [3.8, 4) is 0 Å². The Hall–Kier alpha value is -3.88. The van der Waals surface area contributed by atoms with Crippen molar-refractivity contribution >= 4 is 34.7 Å². The highest BCUT2D eigenvalue weighted by Gasteiger charge is 2.10. The summed E-state index contributed by atoms with van der Waals surface area (Å²) in [5.41, 5.74) is 1.07. The molecule has 3 N–H and O–H groups in total. The first-order valence-corrected chi connectivity index (χ1v) is 8.14. The maximum Gasteiger partial charge on any atom is 0.275 e. The molecule has 0 saturated carbocycles. The minimum atomic E-state index is -0.775. The number of anilines is 4. The Morgan fingerprint density at radius 2 is 1.68 bits per heavy atom. The Morgan fingerprint density at radius 3 is 2.32 bits per heavy atom. The summed E-state index contributed by atoms with van der Waals surface area (Å²) >= 11 is 0. The summed E-state index contributed by atoms with van der Waals surface area (Å²) in [4.78, 5) is 31.4. The molecule has 3 aromatic rings. The van der Waals surface area contributed by atoms with E-state index >= 15 is 0 Å². The number of benzene rings is 2. The molecule has 3 rings (SSSR count). The summed E-state index contributed by atoms with van der Waals surface area (Å²) in [6.45, 7) is 1.38. The average Bonchev–Trinajstić information content (AvgIpc) is 2.64. The van der Waals surface area contributed by atoms with Crippen molar-refractivity contribution in [3.05, 3.63) is 72.2 Å². The minimum absolute atomic E-state index is 0.0303. The minimum Gasteiger partial charge on any atom is -0.337 e. The molecule has 0 radical (unpaired) electrons. The summed E-state index contributed by atoms with van der Waals surface area (Å²) in [6.07, 6.45) is 2.47. The third-order valence-corrected chi connectivity index (χ3v) is 3.52. The molecule has 0 fully saturated rings. The number of carbonyl (C=O) groups excluding carboxylic acids is 2. The zero-order valence-corrected chi connectivity index (χ0v) is 14.7. The predicted octanol–water partition coefficient (Wildman–Crippen LogP) is 3.71. The molecule has 2 aromatic carbocycles. The summed E-state index contributed by atoms with van der Waals surface area (Å²) in [5, 5.41) is 7.91. The van der Waals surface area contributed by atoms with Gasteiger partial charge in [-0.1, -0.05) is 6.07 Å². The van der Waals surface area contributed by atoms with E-state index in [9.17, 15) is 18.4 Å². The van der Waals surface area contributed by atoms with E-state index < -0.39 is 17.5 Å². The van der Waals surface area contributed by atoms with E-state index in [-0.39, 0.29) is 23.1 Å². The van der Waals surface area contributed by atoms with Gasteiger partial charge in [0.05, 0.1) is 18.1 Å². The van der Waals surface area contributed by atoms with Crippen LogP contribution in [0, 0.1) is 11.6 Å². The zero-order valence-electron chi connectivity index (χ0n) is 14.7. The van der Waals surface area contributed by atoms with Crippen LogP contribution in [-0.2, 0) is 4.79 Å². The molecule has 1 heterocycles. The Bertz CT molecular complexity index is 1030. The van der Waals surface area contributed by atoms with Gasteiger partial charge in [0.15, 0.2) is 0 Å². The van der Waals surface area contributed by atoms with Gasteiger partial charge in [0.2, 0.25) is 5.91 Å². The molecule has 0 spiro atoms. The fourth-order valence-corrected chi connectivity index (χ4v) is 2.31. The van der Waals surface area contributed by atoms with Crippen molar-refractivity contribution in [2.75, 3.05) is 16.0 Å². The third-order valence-electron chi connectivity index (χ3n) is 3.52. The topological polar surface area (TPSA) is 96.0 Å². The lowest BCUT2D eigenvalue weighted by atomic mass is 10.2. The van der Waals surface area contributed by atoms with E-state index in [0.717, 1.165) is 12.1 Å². The molecule has 0 bridgehead atoms. The number of carbonyl (C=O) groups is 2. The van der Waals surface area contributed by atoms with Crippen LogP contribution in [0.4, 0.5) is 31.7 Å². The van der Waals surface area contributed by atoms with Crippen LogP contribution in [0.25, 0.3) is 0 Å². The molecule has 2 amide bonds. The van der Waals surface area contributed by atoms with Crippen molar-refractivity contribution in [2.24, 2.45) is 0 Å². The second kappa shape index (κ2) is 8.21. The van der Waals surface area contributed by atoms with E-state index in [0.29, 0.717) is 11.4 Å². The number of aromatic nitrogens is 2. The van der Waals surface area contributed by atoms with Crippen LogP contribution in [0.2, 0.25) is 0 Å². The maximum absolute atomic E-state index is 13.7. The molecule has 1 aromatic heterocycles. The Morgan fingerprint density at radius 1 is 0.929 bits per heavy atom. The first-order chi connectivity index (χ1) is 13.4. The van der Waals surface area contributed by atoms with Crippen LogP contribution in [0.1, 0.15) is 17.4 Å². The number of rotatable bonds is 5. The number of amides is 2. The molecule has 9 heteroatoms. The summed E-state index contributed by atoms with van der Waals surface area (Å²) in [7, 11) is 0. The van der Waals surface area contributed by atoms with Gasteiger partial charge in [0.25, 0.3) is 5.91 Å². The second-order valence-corrected chi connectivity index (χ2v) is 5.75. The lowest BCUT2D eigenvalue weighted by molar-refractivity contribution is -0.114. The normalized spacial score (nSPS) is 10.2. The van der Waals surface area contributed by atoms with Gasteiger partial charge in [-0.25, -0.2) is 18.7 Å². The maximum atomic E-state index is 13.7. The Kier molecular flexibility index (Phi) is 5.54. The van der Waals surface area contributed by atoms with Crippen molar-refractivity contribution in [3.63, 3.8) is 0 Å². The monoisotopic (exact) mass is 383 g/mol. The Labute approximate surface area is 158 Å². The van der Waals surface area contributed by atoms with Gasteiger partial charge in [-0.2, -0.15) is 0 Å². The molecule has 0 aliphatic heterocycles. The molecule has 28 heavy (non-hydrogen) atoms. The van der Waals surface area contributed by atoms with Gasteiger partial charge in [0, 0.05) is 24.4 Å². The fraction of sp³-hybridized carbons (Fsp3) is 0.0526. The molecule has 0 unspecified atom stereocenters. The summed E-state index contributed by atoms with van der Waals surface area (Å²) in [5.74, 6) is -2.01. The van der Waals surface area contributed by atoms with Crippen LogP contribution < -0.4 is 16.0 Å². The number of hydrogen-bond acceptors (Lipinski definition) is 5. The van der Waals surface area contributed by atoms with E-state index in [4.69, 9.17) is 0 Å². The zero-order chi connectivity index (χ0) is 20.1. The van der Waals surface area contributed by atoms with E-state index in [1.807, 2.05) is 0 Å². The van der Waals surface area contributed by atoms with Gasteiger partial charge < -0.3 is 16.0 Å². The number of nitrogens with zero attached hydrogens (tertiary/aromatic N) is 2. The van der Waals surface area contributed by atoms with Crippen molar-refractivity contribution < 1.29 is 18.4 Å². The van der Waals surface area contributed by atoms with Crippen molar-refractivity contribution in [2.45, 2.75) is 6.92 Å². The van der Waals surface area contributed by atoms with Gasteiger partial charge in [-0.05, 0) is 30.3 Å². The third kappa shape index (κ3) is 4.85. The first kappa shape index (κ1) is 18.9.